The number of carbonyl (C=O) groups is 1. The van der Waals surface area contributed by atoms with Gasteiger partial charge < -0.3 is 4.74 Å². The molecule has 0 spiro atoms. The summed E-state index contributed by atoms with van der Waals surface area (Å²) in [7, 11) is 6.18. The summed E-state index contributed by atoms with van der Waals surface area (Å²) in [6.07, 6.45) is 12.5. The minimum Gasteiger partial charge on any atom is -0.409 e. The zero-order chi connectivity index (χ0) is 15.4. The lowest BCUT2D eigenvalue weighted by atomic mass is 10.1. The van der Waals surface area contributed by atoms with Crippen LogP contribution >= 0.6 is 0 Å². The third-order valence-corrected chi connectivity index (χ3v) is 3.59. The molecule has 1 unspecified atom stereocenters. The van der Waals surface area contributed by atoms with Crippen LogP contribution in [0, 0.1) is 0 Å². The number of hydrogen-bond donors (Lipinski definition) is 0. The first-order valence-corrected chi connectivity index (χ1v) is 8.06. The molecule has 0 aliphatic heterocycles. The normalized spacial score (nSPS) is 13.0. The Morgan fingerprint density at radius 3 is 2.00 bits per heavy atom. The predicted molar refractivity (Wildman–Crippen MR) is 85.3 cm³/mol. The number of unbranched alkanes of at least 4 members (excludes halogenated alkanes) is 7. The van der Waals surface area contributed by atoms with Crippen molar-refractivity contribution < 1.29 is 14.0 Å². The monoisotopic (exact) mass is 284 g/mol. The van der Waals surface area contributed by atoms with Gasteiger partial charge in [-0.3, -0.25) is 4.48 Å². The highest BCUT2D eigenvalue weighted by Crippen LogP contribution is 2.16. The molecular weight excluding hydrogens is 250 g/mol. The van der Waals surface area contributed by atoms with E-state index in [4.69, 9.17) is 4.74 Å². The molecule has 0 rings (SSSR count). The van der Waals surface area contributed by atoms with E-state index in [2.05, 4.69) is 34.6 Å². The molecule has 0 amide bonds. The highest BCUT2D eigenvalue weighted by Gasteiger charge is 2.26. The van der Waals surface area contributed by atoms with E-state index in [-0.39, 0.29) is 12.2 Å². The van der Waals surface area contributed by atoms with Crippen LogP contribution in [0.4, 0.5) is 0 Å². The van der Waals surface area contributed by atoms with E-state index in [1.165, 1.54) is 51.0 Å². The highest BCUT2D eigenvalue weighted by molar-refractivity contribution is 5.81. The van der Waals surface area contributed by atoms with Crippen LogP contribution in [-0.2, 0) is 9.53 Å². The van der Waals surface area contributed by atoms with E-state index in [0.29, 0.717) is 4.48 Å². The van der Waals surface area contributed by atoms with Crippen LogP contribution in [0.15, 0.2) is 12.7 Å². The van der Waals surface area contributed by atoms with Crippen molar-refractivity contribution >= 4 is 5.97 Å². The fraction of sp³-hybridized carbons (Fsp3) is 0.824. The van der Waals surface area contributed by atoms with Gasteiger partial charge in [0, 0.05) is 12.5 Å². The van der Waals surface area contributed by atoms with Crippen molar-refractivity contribution in [1.29, 1.82) is 0 Å². The summed E-state index contributed by atoms with van der Waals surface area (Å²) < 4.78 is 6.09. The summed E-state index contributed by atoms with van der Waals surface area (Å²) in [6.45, 7) is 5.70. The molecule has 0 aromatic heterocycles. The van der Waals surface area contributed by atoms with Crippen molar-refractivity contribution in [1.82, 2.24) is 0 Å². The molecule has 3 heteroatoms. The average molecular weight is 284 g/mol. The molecule has 3 nitrogen and oxygen atoms in total. The third-order valence-electron chi connectivity index (χ3n) is 3.59. The lowest BCUT2D eigenvalue weighted by molar-refractivity contribution is -0.917. The predicted octanol–water partition coefficient (Wildman–Crippen LogP) is 4.28. The second kappa shape index (κ2) is 10.9. The molecule has 0 saturated carbocycles. The number of ether oxygens (including phenoxy) is 1. The van der Waals surface area contributed by atoms with E-state index in [1.807, 2.05) is 0 Å². The first kappa shape index (κ1) is 19.2. The molecule has 0 N–H and O–H groups in total. The first-order chi connectivity index (χ1) is 9.41. The Labute approximate surface area is 125 Å². The molecule has 0 aromatic rings. The van der Waals surface area contributed by atoms with Crippen LogP contribution in [0.25, 0.3) is 0 Å². The van der Waals surface area contributed by atoms with Crippen LogP contribution in [0.5, 0.6) is 0 Å². The van der Waals surface area contributed by atoms with E-state index in [9.17, 15) is 4.79 Å². The molecule has 1 atom stereocenters. The number of hydrogen-bond acceptors (Lipinski definition) is 2. The Bertz CT molecular complexity index is 269. The van der Waals surface area contributed by atoms with E-state index in [0.717, 1.165) is 12.8 Å². The zero-order valence-corrected chi connectivity index (χ0v) is 14.0. The molecule has 0 aliphatic rings. The van der Waals surface area contributed by atoms with E-state index < -0.39 is 0 Å². The Kier molecular flexibility index (Phi) is 10.4. The molecule has 118 valence electrons. The Balaban J connectivity index is 3.80. The second-order valence-corrected chi connectivity index (χ2v) is 6.48. The maximum absolute atomic E-state index is 11.4. The number of nitrogens with zero attached hydrogens (tertiary/aromatic N) is 1. The number of carbonyl (C=O) groups excluding carboxylic acids is 1. The van der Waals surface area contributed by atoms with Gasteiger partial charge in [0.15, 0.2) is 0 Å². The molecule has 0 aromatic carbocycles. The molecule has 0 aliphatic carbocycles. The maximum Gasteiger partial charge on any atom is 0.334 e. The van der Waals surface area contributed by atoms with Gasteiger partial charge in [-0.2, -0.15) is 0 Å². The van der Waals surface area contributed by atoms with Gasteiger partial charge >= 0.3 is 5.97 Å². The van der Waals surface area contributed by atoms with E-state index in [1.54, 1.807) is 0 Å². The van der Waals surface area contributed by atoms with Gasteiger partial charge in [-0.05, 0) is 6.42 Å². The number of rotatable bonds is 12. The summed E-state index contributed by atoms with van der Waals surface area (Å²) in [4.78, 5) is 11.4. The van der Waals surface area contributed by atoms with Crippen molar-refractivity contribution in [2.45, 2.75) is 70.9 Å². The summed E-state index contributed by atoms with van der Waals surface area (Å²) in [5.74, 6) is -0.317. The summed E-state index contributed by atoms with van der Waals surface area (Å²) in [5.41, 5.74) is 0. The van der Waals surface area contributed by atoms with Crippen LogP contribution < -0.4 is 0 Å². The third kappa shape index (κ3) is 10.0. The van der Waals surface area contributed by atoms with Gasteiger partial charge in [0.05, 0.1) is 21.1 Å². The van der Waals surface area contributed by atoms with Gasteiger partial charge in [-0.1, -0.05) is 58.4 Å². The molecule has 0 saturated heterocycles. The lowest BCUT2D eigenvalue weighted by Gasteiger charge is -2.32. The fourth-order valence-electron chi connectivity index (χ4n) is 2.24. The van der Waals surface area contributed by atoms with Crippen LogP contribution in [-0.4, -0.2) is 37.8 Å². The molecule has 0 radical (unpaired) electrons. The van der Waals surface area contributed by atoms with Gasteiger partial charge in [0.2, 0.25) is 6.23 Å². The van der Waals surface area contributed by atoms with Crippen molar-refractivity contribution in [3.05, 3.63) is 12.7 Å². The summed E-state index contributed by atoms with van der Waals surface area (Å²) in [5, 5.41) is 0. The minimum atomic E-state index is -0.317. The number of quaternary nitrogens is 1. The molecular formula is C17H34NO2+. The minimum absolute atomic E-state index is 0.0689. The molecule has 0 heterocycles. The van der Waals surface area contributed by atoms with E-state index >= 15 is 0 Å². The topological polar surface area (TPSA) is 26.3 Å². The van der Waals surface area contributed by atoms with Crippen LogP contribution in [0.1, 0.15) is 64.7 Å². The maximum atomic E-state index is 11.4. The quantitative estimate of drug-likeness (QED) is 0.176. The molecule has 20 heavy (non-hydrogen) atoms. The largest absolute Gasteiger partial charge is 0.409 e. The summed E-state index contributed by atoms with van der Waals surface area (Å²) >= 11 is 0. The average Bonchev–Trinajstić information content (AvgIpc) is 2.38. The highest BCUT2D eigenvalue weighted by atomic mass is 16.6. The van der Waals surface area contributed by atoms with Crippen molar-refractivity contribution in [3.63, 3.8) is 0 Å². The summed E-state index contributed by atoms with van der Waals surface area (Å²) in [6, 6.07) is 0. The van der Waals surface area contributed by atoms with Crippen molar-refractivity contribution in [2.75, 3.05) is 21.1 Å². The van der Waals surface area contributed by atoms with Crippen molar-refractivity contribution in [3.8, 4) is 0 Å². The SMILES string of the molecule is C=CC(=O)OC(CCCCCCCCCC)[N+](C)(C)C. The van der Waals surface area contributed by atoms with Crippen LogP contribution in [0.3, 0.4) is 0 Å². The fourth-order valence-corrected chi connectivity index (χ4v) is 2.24. The molecule has 0 bridgehead atoms. The smallest absolute Gasteiger partial charge is 0.334 e. The number of esters is 1. The van der Waals surface area contributed by atoms with Crippen molar-refractivity contribution in [2.24, 2.45) is 0 Å². The van der Waals surface area contributed by atoms with Gasteiger partial charge in [0.25, 0.3) is 0 Å². The Hall–Kier alpha value is -0.830. The second-order valence-electron chi connectivity index (χ2n) is 6.48. The first-order valence-electron chi connectivity index (χ1n) is 8.06. The van der Waals surface area contributed by atoms with Gasteiger partial charge in [0.1, 0.15) is 0 Å². The van der Waals surface area contributed by atoms with Gasteiger partial charge in [-0.25, -0.2) is 4.79 Å². The zero-order valence-electron chi connectivity index (χ0n) is 14.0. The standard InChI is InChI=1S/C17H34NO2/c1-6-8-9-10-11-12-13-14-15-16(18(3,4)5)20-17(19)7-2/h7,16H,2,6,8-15H2,1,3-5H3/q+1. The lowest BCUT2D eigenvalue weighted by Crippen LogP contribution is -2.47. The Morgan fingerprint density at radius 1 is 1.05 bits per heavy atom. The molecule has 0 fully saturated rings. The van der Waals surface area contributed by atoms with Crippen LogP contribution in [0.2, 0.25) is 0 Å². The van der Waals surface area contributed by atoms with Gasteiger partial charge in [-0.15, -0.1) is 0 Å². The Morgan fingerprint density at radius 2 is 1.55 bits per heavy atom.